The van der Waals surface area contributed by atoms with E-state index in [-0.39, 0.29) is 39.8 Å². The maximum absolute atomic E-state index is 15.2. The van der Waals surface area contributed by atoms with Crippen molar-refractivity contribution >= 4 is 11.6 Å². The number of tetrazole rings is 1. The Morgan fingerprint density at radius 3 is 2.63 bits per heavy atom. The van der Waals surface area contributed by atoms with E-state index in [1.165, 1.54) is 47.3 Å². The SMILES string of the molecule is COCCC(c1ccc(-c2c(-n3cnnn3)ccc(Cl)c2F)c[n+]1[O-])n1cc(-c2cn(C(F)F)nn2)cn1. The van der Waals surface area contributed by atoms with Gasteiger partial charge in [-0.25, -0.2) is 4.39 Å². The molecule has 16 heteroatoms. The van der Waals surface area contributed by atoms with Crippen LogP contribution in [0.4, 0.5) is 13.2 Å². The number of alkyl halides is 2. The number of aromatic nitrogens is 10. The van der Waals surface area contributed by atoms with Crippen molar-refractivity contribution in [3.05, 3.63) is 77.1 Å². The van der Waals surface area contributed by atoms with E-state index in [1.54, 1.807) is 18.3 Å². The fourth-order valence-corrected chi connectivity index (χ4v) is 4.12. The van der Waals surface area contributed by atoms with Crippen LogP contribution in [0.15, 0.2) is 55.4 Å². The van der Waals surface area contributed by atoms with Gasteiger partial charge in [0.1, 0.15) is 18.1 Å². The van der Waals surface area contributed by atoms with Gasteiger partial charge in [-0.2, -0.15) is 28.0 Å². The fourth-order valence-electron chi connectivity index (χ4n) is 3.97. The Labute approximate surface area is 217 Å². The number of rotatable bonds is 9. The van der Waals surface area contributed by atoms with E-state index in [0.29, 0.717) is 21.4 Å². The number of benzene rings is 1. The number of hydrogen-bond acceptors (Lipinski definition) is 8. The minimum absolute atomic E-state index is 0.0397. The molecule has 12 nitrogen and oxygen atoms in total. The van der Waals surface area contributed by atoms with E-state index in [9.17, 15) is 14.0 Å². The van der Waals surface area contributed by atoms with Crippen molar-refractivity contribution in [3.8, 4) is 28.1 Å². The van der Waals surface area contributed by atoms with Crippen molar-refractivity contribution in [1.29, 1.82) is 0 Å². The molecule has 0 aliphatic rings. The van der Waals surface area contributed by atoms with Crippen molar-refractivity contribution in [1.82, 2.24) is 45.0 Å². The van der Waals surface area contributed by atoms with Gasteiger partial charge in [0.05, 0.1) is 34.2 Å². The molecule has 1 aromatic carbocycles. The molecule has 0 fully saturated rings. The van der Waals surface area contributed by atoms with Crippen molar-refractivity contribution in [2.24, 2.45) is 0 Å². The molecule has 0 amide bonds. The second kappa shape index (κ2) is 10.5. The predicted molar refractivity (Wildman–Crippen MR) is 126 cm³/mol. The number of hydrogen-bond donors (Lipinski definition) is 0. The van der Waals surface area contributed by atoms with Gasteiger partial charge in [0, 0.05) is 38.0 Å². The molecule has 0 aliphatic heterocycles. The van der Waals surface area contributed by atoms with E-state index in [0.717, 1.165) is 6.20 Å². The van der Waals surface area contributed by atoms with Crippen LogP contribution in [0.25, 0.3) is 28.1 Å². The van der Waals surface area contributed by atoms with Gasteiger partial charge in [0.25, 0.3) is 0 Å². The number of ether oxygens (including phenoxy) is 1. The smallest absolute Gasteiger partial charge is 0.334 e. The predicted octanol–water partition coefficient (Wildman–Crippen LogP) is 3.23. The lowest BCUT2D eigenvalue weighted by Gasteiger charge is -2.18. The Bertz CT molecular complexity index is 1560. The molecule has 0 saturated carbocycles. The molecule has 1 unspecified atom stereocenters. The average Bonchev–Trinajstić information content (AvgIpc) is 3.68. The summed E-state index contributed by atoms with van der Waals surface area (Å²) in [6.45, 7) is -2.54. The van der Waals surface area contributed by atoms with E-state index >= 15 is 4.39 Å². The molecule has 4 heterocycles. The Balaban J connectivity index is 1.53. The highest BCUT2D eigenvalue weighted by molar-refractivity contribution is 6.31. The van der Waals surface area contributed by atoms with E-state index in [1.807, 2.05) is 0 Å². The zero-order chi connectivity index (χ0) is 26.8. The lowest BCUT2D eigenvalue weighted by molar-refractivity contribution is -0.615. The van der Waals surface area contributed by atoms with Crippen LogP contribution in [0.5, 0.6) is 0 Å². The van der Waals surface area contributed by atoms with Gasteiger partial charge in [-0.3, -0.25) is 4.68 Å². The van der Waals surface area contributed by atoms with Crippen LogP contribution in [-0.2, 0) is 4.74 Å². The summed E-state index contributed by atoms with van der Waals surface area (Å²) in [5, 5.41) is 35.5. The minimum atomic E-state index is -2.83. The number of methoxy groups -OCH3 is 1. The highest BCUT2D eigenvalue weighted by Crippen LogP contribution is 2.33. The van der Waals surface area contributed by atoms with Crippen LogP contribution < -0.4 is 4.73 Å². The fraction of sp³-hybridized carbons (Fsp3) is 0.227. The Hall–Kier alpha value is -4.37. The monoisotopic (exact) mass is 546 g/mol. The Kier molecular flexibility index (Phi) is 7.02. The number of nitrogens with zero attached hydrogens (tertiary/aromatic N) is 10. The van der Waals surface area contributed by atoms with E-state index < -0.39 is 18.4 Å². The number of halogens is 4. The zero-order valence-corrected chi connectivity index (χ0v) is 20.3. The highest BCUT2D eigenvalue weighted by Gasteiger charge is 2.26. The normalized spacial score (nSPS) is 12.4. The summed E-state index contributed by atoms with van der Waals surface area (Å²) < 4.78 is 49.9. The summed E-state index contributed by atoms with van der Waals surface area (Å²) in [7, 11) is 1.52. The zero-order valence-electron chi connectivity index (χ0n) is 19.6. The first-order chi connectivity index (χ1) is 18.4. The van der Waals surface area contributed by atoms with Gasteiger partial charge in [0.2, 0.25) is 5.69 Å². The second-order valence-corrected chi connectivity index (χ2v) is 8.45. The van der Waals surface area contributed by atoms with E-state index in [2.05, 4.69) is 30.9 Å². The summed E-state index contributed by atoms with van der Waals surface area (Å²) in [5.41, 5.74) is 1.47. The molecule has 196 valence electrons. The second-order valence-electron chi connectivity index (χ2n) is 8.05. The summed E-state index contributed by atoms with van der Waals surface area (Å²) in [6, 6.07) is 5.42. The van der Waals surface area contributed by atoms with Gasteiger partial charge >= 0.3 is 6.55 Å². The van der Waals surface area contributed by atoms with Gasteiger partial charge in [-0.15, -0.1) is 10.2 Å². The molecule has 0 spiro atoms. The third-order valence-electron chi connectivity index (χ3n) is 5.77. The molecule has 5 aromatic rings. The molecule has 0 radical (unpaired) electrons. The molecule has 5 rings (SSSR count). The maximum Gasteiger partial charge on any atom is 0.334 e. The molecule has 4 aromatic heterocycles. The van der Waals surface area contributed by atoms with Crippen LogP contribution in [0.3, 0.4) is 0 Å². The van der Waals surface area contributed by atoms with Crippen LogP contribution >= 0.6 is 11.6 Å². The third kappa shape index (κ3) is 4.80. The van der Waals surface area contributed by atoms with Crippen molar-refractivity contribution in [3.63, 3.8) is 0 Å². The highest BCUT2D eigenvalue weighted by atomic mass is 35.5. The van der Waals surface area contributed by atoms with Crippen LogP contribution in [0.1, 0.15) is 24.7 Å². The molecule has 38 heavy (non-hydrogen) atoms. The molecular formula is C22H18ClF3N10O2. The van der Waals surface area contributed by atoms with Crippen molar-refractivity contribution in [2.45, 2.75) is 19.0 Å². The summed E-state index contributed by atoms with van der Waals surface area (Å²) in [6.07, 6.45) is 6.96. The number of pyridine rings is 1. The van der Waals surface area contributed by atoms with Crippen molar-refractivity contribution in [2.75, 3.05) is 13.7 Å². The molecule has 0 N–H and O–H groups in total. The van der Waals surface area contributed by atoms with Crippen LogP contribution in [-0.4, -0.2) is 58.7 Å². The summed E-state index contributed by atoms with van der Waals surface area (Å²) in [5.74, 6) is -0.739. The molecular weight excluding hydrogens is 529 g/mol. The molecule has 1 atom stereocenters. The van der Waals surface area contributed by atoms with Gasteiger partial charge in [0.15, 0.2) is 12.0 Å². The van der Waals surface area contributed by atoms with Crippen LogP contribution in [0, 0.1) is 11.0 Å². The lowest BCUT2D eigenvalue weighted by atomic mass is 10.0. The van der Waals surface area contributed by atoms with Gasteiger partial charge in [-0.05, 0) is 28.6 Å². The lowest BCUT2D eigenvalue weighted by Crippen LogP contribution is -2.36. The first kappa shape index (κ1) is 25.3. The first-order valence-electron chi connectivity index (χ1n) is 11.1. The largest absolute Gasteiger partial charge is 0.618 e. The summed E-state index contributed by atoms with van der Waals surface area (Å²) in [4.78, 5) is 0. The molecule has 0 saturated heterocycles. The maximum atomic E-state index is 15.2. The van der Waals surface area contributed by atoms with Gasteiger partial charge < -0.3 is 9.94 Å². The minimum Gasteiger partial charge on any atom is -0.618 e. The van der Waals surface area contributed by atoms with E-state index in [4.69, 9.17) is 16.3 Å². The van der Waals surface area contributed by atoms with Crippen LogP contribution in [0.2, 0.25) is 5.02 Å². The first-order valence-corrected chi connectivity index (χ1v) is 11.4. The standard InChI is InChI=1S/C22H18ClF3N10O2/c1-38-7-6-17(33-9-14(8-28-33)16-11-34(22(25)26)31-29-16)18-4-2-13(10-36(18)37)20-19(35-12-27-30-32-35)5-3-15(23)21(20)24/h2-5,8-12,17,22H,6-7H2,1H3. The average molecular weight is 547 g/mol. The quantitative estimate of drug-likeness (QED) is 0.204. The van der Waals surface area contributed by atoms with Gasteiger partial charge in [-0.1, -0.05) is 16.8 Å². The third-order valence-corrected chi connectivity index (χ3v) is 6.06. The topological polar surface area (TPSA) is 128 Å². The Morgan fingerprint density at radius 2 is 1.95 bits per heavy atom. The van der Waals surface area contributed by atoms with Crippen molar-refractivity contribution < 1.29 is 22.6 Å². The molecule has 0 bridgehead atoms. The molecule has 0 aliphatic carbocycles. The summed E-state index contributed by atoms with van der Waals surface area (Å²) >= 11 is 6.03. The Morgan fingerprint density at radius 1 is 1.11 bits per heavy atom.